The number of nitrogens with one attached hydrogen (secondary N) is 1. The van der Waals surface area contributed by atoms with E-state index < -0.39 is 0 Å². The Morgan fingerprint density at radius 1 is 1.40 bits per heavy atom. The number of anilines is 2. The minimum Gasteiger partial charge on any atom is -0.396 e. The molecule has 4 heteroatoms. The number of halogens is 1. The third-order valence-electron chi connectivity index (χ3n) is 2.11. The van der Waals surface area contributed by atoms with E-state index in [4.69, 9.17) is 5.73 Å². The minimum atomic E-state index is 0.335. The van der Waals surface area contributed by atoms with Crippen LogP contribution in [-0.2, 0) is 0 Å². The van der Waals surface area contributed by atoms with E-state index in [1.165, 1.54) is 0 Å². The third kappa shape index (κ3) is 4.08. The van der Waals surface area contributed by atoms with Gasteiger partial charge < -0.3 is 11.1 Å². The standard InChI is InChI=1S/C11H18BrN3/c1-11(2,3)4-5-15-10-8(12)6-14-7-9(10)13/h6-7H,4-5,13H2,1-3H3,(H,14,15). The lowest BCUT2D eigenvalue weighted by molar-refractivity contribution is 0.390. The normalized spacial score (nSPS) is 11.5. The maximum atomic E-state index is 5.82. The Morgan fingerprint density at radius 3 is 2.60 bits per heavy atom. The van der Waals surface area contributed by atoms with E-state index in [2.05, 4.69) is 47.0 Å². The second-order valence-electron chi connectivity index (χ2n) is 4.82. The molecule has 0 unspecified atom stereocenters. The summed E-state index contributed by atoms with van der Waals surface area (Å²) in [6.07, 6.45) is 4.50. The zero-order valence-electron chi connectivity index (χ0n) is 9.47. The van der Waals surface area contributed by atoms with Crippen LogP contribution in [-0.4, -0.2) is 11.5 Å². The van der Waals surface area contributed by atoms with Crippen molar-refractivity contribution >= 4 is 27.3 Å². The molecule has 1 aromatic rings. The van der Waals surface area contributed by atoms with Gasteiger partial charge in [0, 0.05) is 12.7 Å². The number of nitrogen functional groups attached to an aromatic ring is 1. The summed E-state index contributed by atoms with van der Waals surface area (Å²) in [6.45, 7) is 7.58. The van der Waals surface area contributed by atoms with Gasteiger partial charge in [-0.1, -0.05) is 20.8 Å². The van der Waals surface area contributed by atoms with Gasteiger partial charge in [-0.25, -0.2) is 0 Å². The molecule has 1 aromatic heterocycles. The quantitative estimate of drug-likeness (QED) is 0.887. The average Bonchev–Trinajstić information content (AvgIpc) is 2.08. The molecule has 0 spiro atoms. The van der Waals surface area contributed by atoms with E-state index in [1.54, 1.807) is 12.4 Å². The molecular formula is C11H18BrN3. The maximum Gasteiger partial charge on any atom is 0.0750 e. The predicted molar refractivity (Wildman–Crippen MR) is 68.9 cm³/mol. The summed E-state index contributed by atoms with van der Waals surface area (Å²) in [6, 6.07) is 0. The van der Waals surface area contributed by atoms with Crippen LogP contribution in [0.4, 0.5) is 11.4 Å². The Hall–Kier alpha value is -0.770. The van der Waals surface area contributed by atoms with Crippen molar-refractivity contribution in [1.29, 1.82) is 0 Å². The number of nitrogens with two attached hydrogens (primary N) is 1. The van der Waals surface area contributed by atoms with Crippen LogP contribution in [0, 0.1) is 5.41 Å². The largest absolute Gasteiger partial charge is 0.396 e. The summed E-state index contributed by atoms with van der Waals surface area (Å²) in [5.74, 6) is 0. The van der Waals surface area contributed by atoms with Gasteiger partial charge in [0.15, 0.2) is 0 Å². The second kappa shape index (κ2) is 4.84. The van der Waals surface area contributed by atoms with Crippen molar-refractivity contribution in [3.8, 4) is 0 Å². The summed E-state index contributed by atoms with van der Waals surface area (Å²) in [5, 5.41) is 3.33. The molecule has 0 saturated carbocycles. The molecule has 0 amide bonds. The van der Waals surface area contributed by atoms with E-state index in [0.29, 0.717) is 11.1 Å². The molecule has 1 rings (SSSR count). The van der Waals surface area contributed by atoms with Crippen molar-refractivity contribution in [2.24, 2.45) is 5.41 Å². The Labute approximate surface area is 99.6 Å². The SMILES string of the molecule is CC(C)(C)CCNc1c(N)cncc1Br. The van der Waals surface area contributed by atoms with Gasteiger partial charge >= 0.3 is 0 Å². The molecule has 0 aliphatic heterocycles. The van der Waals surface area contributed by atoms with Gasteiger partial charge in [0.05, 0.1) is 22.0 Å². The molecule has 0 saturated heterocycles. The van der Waals surface area contributed by atoms with Crippen LogP contribution >= 0.6 is 15.9 Å². The van der Waals surface area contributed by atoms with Gasteiger partial charge in [0.1, 0.15) is 0 Å². The number of nitrogens with zero attached hydrogens (tertiary/aromatic N) is 1. The van der Waals surface area contributed by atoms with E-state index in [9.17, 15) is 0 Å². The highest BCUT2D eigenvalue weighted by molar-refractivity contribution is 9.10. The molecular weight excluding hydrogens is 254 g/mol. The highest BCUT2D eigenvalue weighted by Gasteiger charge is 2.10. The maximum absolute atomic E-state index is 5.82. The lowest BCUT2D eigenvalue weighted by Gasteiger charge is -2.19. The first-order valence-electron chi connectivity index (χ1n) is 5.03. The van der Waals surface area contributed by atoms with Crippen molar-refractivity contribution in [3.63, 3.8) is 0 Å². The number of hydrogen-bond acceptors (Lipinski definition) is 3. The summed E-state index contributed by atoms with van der Waals surface area (Å²) in [7, 11) is 0. The summed E-state index contributed by atoms with van der Waals surface area (Å²) in [5.41, 5.74) is 7.77. The van der Waals surface area contributed by atoms with Crippen LogP contribution in [0.2, 0.25) is 0 Å². The molecule has 84 valence electrons. The fourth-order valence-electron chi connectivity index (χ4n) is 1.20. The number of hydrogen-bond donors (Lipinski definition) is 2. The van der Waals surface area contributed by atoms with Crippen molar-refractivity contribution in [1.82, 2.24) is 4.98 Å². The molecule has 15 heavy (non-hydrogen) atoms. The van der Waals surface area contributed by atoms with Crippen LogP contribution in [0.25, 0.3) is 0 Å². The Balaban J connectivity index is 2.58. The molecule has 3 nitrogen and oxygen atoms in total. The molecule has 1 heterocycles. The van der Waals surface area contributed by atoms with E-state index >= 15 is 0 Å². The van der Waals surface area contributed by atoms with Crippen LogP contribution in [0.1, 0.15) is 27.2 Å². The molecule has 3 N–H and O–H groups in total. The van der Waals surface area contributed by atoms with E-state index in [-0.39, 0.29) is 0 Å². The molecule has 0 bridgehead atoms. The van der Waals surface area contributed by atoms with Crippen LogP contribution < -0.4 is 11.1 Å². The van der Waals surface area contributed by atoms with Gasteiger partial charge in [-0.3, -0.25) is 4.98 Å². The van der Waals surface area contributed by atoms with E-state index in [0.717, 1.165) is 23.1 Å². The smallest absolute Gasteiger partial charge is 0.0750 e. The zero-order chi connectivity index (χ0) is 11.5. The molecule has 0 aliphatic rings. The highest BCUT2D eigenvalue weighted by atomic mass is 79.9. The highest BCUT2D eigenvalue weighted by Crippen LogP contribution is 2.27. The van der Waals surface area contributed by atoms with Gasteiger partial charge in [0.2, 0.25) is 0 Å². The second-order valence-corrected chi connectivity index (χ2v) is 5.68. The molecule has 0 radical (unpaired) electrons. The van der Waals surface area contributed by atoms with Crippen molar-refractivity contribution in [2.75, 3.05) is 17.6 Å². The first-order valence-corrected chi connectivity index (χ1v) is 5.82. The fourth-order valence-corrected chi connectivity index (χ4v) is 1.69. The van der Waals surface area contributed by atoms with Gasteiger partial charge in [0.25, 0.3) is 0 Å². The van der Waals surface area contributed by atoms with Crippen LogP contribution in [0.3, 0.4) is 0 Å². The number of rotatable bonds is 3. The Morgan fingerprint density at radius 2 is 2.07 bits per heavy atom. The molecule has 0 aromatic carbocycles. The molecule has 0 aliphatic carbocycles. The van der Waals surface area contributed by atoms with Crippen molar-refractivity contribution < 1.29 is 0 Å². The first-order chi connectivity index (χ1) is 6.90. The fraction of sp³-hybridized carbons (Fsp3) is 0.545. The molecule has 0 atom stereocenters. The first kappa shape index (κ1) is 12.3. The predicted octanol–water partition coefficient (Wildman–Crippen LogP) is 3.27. The van der Waals surface area contributed by atoms with Crippen molar-refractivity contribution in [2.45, 2.75) is 27.2 Å². The van der Waals surface area contributed by atoms with Gasteiger partial charge in [-0.05, 0) is 27.8 Å². The zero-order valence-corrected chi connectivity index (χ0v) is 11.1. The average molecular weight is 272 g/mol. The van der Waals surface area contributed by atoms with E-state index in [1.807, 2.05) is 0 Å². The summed E-state index contributed by atoms with van der Waals surface area (Å²) in [4.78, 5) is 3.99. The van der Waals surface area contributed by atoms with Gasteiger partial charge in [-0.15, -0.1) is 0 Å². The number of pyridine rings is 1. The Bertz CT molecular complexity index is 311. The molecule has 0 fully saturated rings. The monoisotopic (exact) mass is 271 g/mol. The number of aromatic nitrogens is 1. The van der Waals surface area contributed by atoms with Crippen molar-refractivity contribution in [3.05, 3.63) is 16.9 Å². The van der Waals surface area contributed by atoms with Crippen LogP contribution in [0.15, 0.2) is 16.9 Å². The third-order valence-corrected chi connectivity index (χ3v) is 2.71. The lowest BCUT2D eigenvalue weighted by Crippen LogP contribution is -2.13. The summed E-state index contributed by atoms with van der Waals surface area (Å²) >= 11 is 3.42. The van der Waals surface area contributed by atoms with Gasteiger partial charge in [-0.2, -0.15) is 0 Å². The Kier molecular flexibility index (Phi) is 3.97. The topological polar surface area (TPSA) is 50.9 Å². The minimum absolute atomic E-state index is 0.335. The van der Waals surface area contributed by atoms with Crippen LogP contribution in [0.5, 0.6) is 0 Å². The lowest BCUT2D eigenvalue weighted by atomic mass is 9.92. The summed E-state index contributed by atoms with van der Waals surface area (Å²) < 4.78 is 0.913.